The molecule has 1 aliphatic carbocycles. The lowest BCUT2D eigenvalue weighted by Crippen LogP contribution is -2.42. The Bertz CT molecular complexity index is 888. The van der Waals surface area contributed by atoms with Crippen LogP contribution in [-0.2, 0) is 26.2 Å². The number of hydrogen-bond acceptors (Lipinski definition) is 3. The highest BCUT2D eigenvalue weighted by Crippen LogP contribution is 2.54. The second-order valence-electron chi connectivity index (χ2n) is 10.5. The lowest BCUT2D eigenvalue weighted by molar-refractivity contribution is -0.138. The number of rotatable bonds is 9. The Morgan fingerprint density at radius 3 is 2.72 bits per heavy atom. The predicted molar refractivity (Wildman–Crippen MR) is 127 cm³/mol. The minimum Gasteiger partial charge on any atom is -0.481 e. The summed E-state index contributed by atoms with van der Waals surface area (Å²) in [4.78, 5) is 25.7. The molecule has 0 aromatic heterocycles. The summed E-state index contributed by atoms with van der Waals surface area (Å²) in [5.74, 6) is -0.599. The van der Waals surface area contributed by atoms with Crippen LogP contribution in [0.2, 0.25) is 5.02 Å². The number of carboxylic acid groups (broad SMARTS) is 1. The number of methoxy groups -OCH3 is 1. The first-order chi connectivity index (χ1) is 15.1. The molecule has 0 radical (unpaired) electrons. The van der Waals surface area contributed by atoms with E-state index in [2.05, 4.69) is 39.0 Å². The average Bonchev–Trinajstić information content (AvgIpc) is 3.07. The Labute approximate surface area is 196 Å². The minimum atomic E-state index is -0.895. The first-order valence-electron chi connectivity index (χ1n) is 11.6. The summed E-state index contributed by atoms with van der Waals surface area (Å²) in [5, 5.41) is 9.84. The largest absolute Gasteiger partial charge is 0.481 e. The number of aryl methyl sites for hydroxylation is 1. The number of ether oxygens (including phenoxy) is 1. The van der Waals surface area contributed by atoms with E-state index in [0.717, 1.165) is 48.3 Å². The van der Waals surface area contributed by atoms with Crippen molar-refractivity contribution in [2.75, 3.05) is 20.3 Å². The molecule has 1 fully saturated rings. The molecule has 6 heteroatoms. The molecule has 32 heavy (non-hydrogen) atoms. The quantitative estimate of drug-likeness (QED) is 0.520. The zero-order valence-corrected chi connectivity index (χ0v) is 20.5. The van der Waals surface area contributed by atoms with Gasteiger partial charge in [0.05, 0.1) is 6.42 Å². The second-order valence-corrected chi connectivity index (χ2v) is 10.9. The van der Waals surface area contributed by atoms with E-state index in [1.807, 2.05) is 6.20 Å². The van der Waals surface area contributed by atoms with Gasteiger partial charge in [0.2, 0.25) is 5.91 Å². The Balaban J connectivity index is 1.94. The van der Waals surface area contributed by atoms with E-state index in [4.69, 9.17) is 21.4 Å². The molecule has 0 saturated heterocycles. The number of halogens is 1. The second kappa shape index (κ2) is 9.96. The number of hydrogen-bond donors (Lipinski definition) is 1. The summed E-state index contributed by atoms with van der Waals surface area (Å²) < 4.78 is 5.33. The van der Waals surface area contributed by atoms with E-state index >= 15 is 0 Å². The molecule has 0 bridgehead atoms. The van der Waals surface area contributed by atoms with E-state index < -0.39 is 5.97 Å². The fraction of sp³-hybridized carbons (Fsp3) is 0.615. The van der Waals surface area contributed by atoms with Crippen LogP contribution in [0, 0.1) is 11.3 Å². The highest BCUT2D eigenvalue weighted by Gasteiger charge is 2.49. The molecule has 176 valence electrons. The van der Waals surface area contributed by atoms with Gasteiger partial charge in [0.15, 0.2) is 0 Å². The summed E-state index contributed by atoms with van der Waals surface area (Å²) in [6.07, 6.45) is 6.99. The minimum absolute atomic E-state index is 0.0182. The average molecular weight is 462 g/mol. The Hall–Kier alpha value is -1.85. The Morgan fingerprint density at radius 2 is 2.09 bits per heavy atom. The van der Waals surface area contributed by atoms with Crippen LogP contribution in [0.1, 0.15) is 70.4 Å². The normalized spacial score (nSPS) is 23.3. The van der Waals surface area contributed by atoms with Gasteiger partial charge in [-0.3, -0.25) is 9.59 Å². The molecule has 1 aliphatic heterocycles. The first kappa shape index (κ1) is 24.8. The zero-order valence-electron chi connectivity index (χ0n) is 19.7. The van der Waals surface area contributed by atoms with Crippen molar-refractivity contribution in [1.82, 2.24) is 4.90 Å². The van der Waals surface area contributed by atoms with Gasteiger partial charge in [-0.05, 0) is 66.2 Å². The molecule has 3 rings (SSSR count). The van der Waals surface area contributed by atoms with E-state index in [0.29, 0.717) is 18.9 Å². The molecule has 1 heterocycles. The van der Waals surface area contributed by atoms with Gasteiger partial charge in [-0.25, -0.2) is 0 Å². The van der Waals surface area contributed by atoms with E-state index in [9.17, 15) is 9.59 Å². The highest BCUT2D eigenvalue weighted by atomic mass is 35.5. The number of carbonyl (C=O) groups is 2. The summed E-state index contributed by atoms with van der Waals surface area (Å²) in [6, 6.07) is 6.34. The van der Waals surface area contributed by atoms with Gasteiger partial charge in [0.1, 0.15) is 0 Å². The summed E-state index contributed by atoms with van der Waals surface area (Å²) in [6.45, 7) is 7.56. The number of carboxylic acids is 1. The van der Waals surface area contributed by atoms with Crippen molar-refractivity contribution in [2.45, 2.75) is 71.1 Å². The maximum Gasteiger partial charge on any atom is 0.305 e. The van der Waals surface area contributed by atoms with Crippen LogP contribution in [0.15, 0.2) is 30.0 Å². The van der Waals surface area contributed by atoms with Gasteiger partial charge in [-0.2, -0.15) is 0 Å². The third kappa shape index (κ3) is 5.55. The number of aliphatic carboxylic acids is 1. The smallest absolute Gasteiger partial charge is 0.305 e. The van der Waals surface area contributed by atoms with Crippen molar-refractivity contribution in [2.24, 2.45) is 11.3 Å². The molecule has 1 aromatic rings. The molecule has 1 saturated carbocycles. The van der Waals surface area contributed by atoms with Crippen molar-refractivity contribution >= 4 is 23.5 Å². The zero-order chi connectivity index (χ0) is 23.5. The molecule has 2 unspecified atom stereocenters. The predicted octanol–water partition coefficient (Wildman–Crippen LogP) is 5.59. The van der Waals surface area contributed by atoms with Crippen molar-refractivity contribution in [3.05, 3.63) is 46.1 Å². The summed E-state index contributed by atoms with van der Waals surface area (Å²) in [5.41, 5.74) is 3.34. The topological polar surface area (TPSA) is 66.8 Å². The number of benzene rings is 1. The fourth-order valence-corrected chi connectivity index (χ4v) is 5.34. The van der Waals surface area contributed by atoms with Gasteiger partial charge in [0, 0.05) is 43.3 Å². The first-order valence-corrected chi connectivity index (χ1v) is 11.9. The molecule has 1 amide bonds. The fourth-order valence-electron chi connectivity index (χ4n) is 5.07. The molecule has 5 nitrogen and oxygen atoms in total. The lowest BCUT2D eigenvalue weighted by Gasteiger charge is -2.39. The van der Waals surface area contributed by atoms with Crippen LogP contribution >= 0.6 is 11.6 Å². The van der Waals surface area contributed by atoms with E-state index in [-0.39, 0.29) is 29.7 Å². The van der Waals surface area contributed by atoms with E-state index in [1.165, 1.54) is 5.57 Å². The SMILES string of the molecule is COCCC1CCC2(c3ccc(CCC(C)(C)C)c(Cl)c3)CC(=O)N(CCC(=O)O)C=C12. The van der Waals surface area contributed by atoms with Gasteiger partial charge >= 0.3 is 5.97 Å². The van der Waals surface area contributed by atoms with Gasteiger partial charge in [0.25, 0.3) is 0 Å². The maximum atomic E-state index is 13.0. The molecular weight excluding hydrogens is 426 g/mol. The van der Waals surface area contributed by atoms with Crippen LogP contribution < -0.4 is 0 Å². The molecule has 1 aromatic carbocycles. The molecule has 1 N–H and O–H groups in total. The number of fused-ring (bicyclic) bond motifs is 1. The van der Waals surface area contributed by atoms with Crippen LogP contribution in [0.5, 0.6) is 0 Å². The molecular formula is C26H36ClNO4. The molecule has 2 aliphatic rings. The van der Waals surface area contributed by atoms with Crippen LogP contribution in [0.4, 0.5) is 0 Å². The Kier molecular flexibility index (Phi) is 7.72. The summed E-state index contributed by atoms with van der Waals surface area (Å²) >= 11 is 6.73. The van der Waals surface area contributed by atoms with Gasteiger partial charge in [-0.1, -0.05) is 44.5 Å². The van der Waals surface area contributed by atoms with Crippen LogP contribution in [0.3, 0.4) is 0 Å². The number of carbonyl (C=O) groups excluding carboxylic acids is 1. The van der Waals surface area contributed by atoms with Crippen molar-refractivity contribution in [3.63, 3.8) is 0 Å². The molecule has 2 atom stereocenters. The highest BCUT2D eigenvalue weighted by molar-refractivity contribution is 6.31. The molecule has 0 spiro atoms. The number of amides is 1. The van der Waals surface area contributed by atoms with Gasteiger partial charge < -0.3 is 14.7 Å². The van der Waals surface area contributed by atoms with Crippen molar-refractivity contribution in [1.29, 1.82) is 0 Å². The number of allylic oxidation sites excluding steroid dienone is 1. The third-order valence-electron chi connectivity index (χ3n) is 6.97. The van der Waals surface area contributed by atoms with Gasteiger partial charge in [-0.15, -0.1) is 0 Å². The lowest BCUT2D eigenvalue weighted by atomic mass is 9.70. The monoisotopic (exact) mass is 461 g/mol. The van der Waals surface area contributed by atoms with Crippen LogP contribution in [0.25, 0.3) is 0 Å². The number of nitrogens with zero attached hydrogens (tertiary/aromatic N) is 1. The summed E-state index contributed by atoms with van der Waals surface area (Å²) in [7, 11) is 1.70. The van der Waals surface area contributed by atoms with E-state index in [1.54, 1.807) is 12.0 Å². The third-order valence-corrected chi connectivity index (χ3v) is 7.32. The Morgan fingerprint density at radius 1 is 1.34 bits per heavy atom. The van der Waals surface area contributed by atoms with Crippen LogP contribution in [-0.4, -0.2) is 42.1 Å². The van der Waals surface area contributed by atoms with Crippen molar-refractivity contribution in [3.8, 4) is 0 Å². The standard InChI is InChI=1S/C26H36ClNO4/c1-25(2,3)11-7-19-5-6-20(15-22(19)27)26-12-8-18(10-14-32-4)21(26)17-28(23(29)16-26)13-9-24(30)31/h5-6,15,17-18H,7-14,16H2,1-4H3,(H,30,31). The maximum absolute atomic E-state index is 13.0. The van der Waals surface area contributed by atoms with Crippen molar-refractivity contribution < 1.29 is 19.4 Å².